The zero-order valence-electron chi connectivity index (χ0n) is 11.3. The summed E-state index contributed by atoms with van der Waals surface area (Å²) in [6, 6.07) is 5.46. The third kappa shape index (κ3) is 2.27. The zero-order valence-corrected chi connectivity index (χ0v) is 12.1. The minimum atomic E-state index is -4.37. The van der Waals surface area contributed by atoms with Crippen LogP contribution in [0.4, 0.5) is 18.2 Å². The normalized spacial score (nSPS) is 12.2. The first-order chi connectivity index (χ1) is 9.77. The fraction of sp³-hybridized carbons (Fsp3) is 0.214. The minimum absolute atomic E-state index is 0.311. The number of aromatic nitrogens is 2. The van der Waals surface area contributed by atoms with Crippen LogP contribution in [-0.4, -0.2) is 9.55 Å². The van der Waals surface area contributed by atoms with Crippen molar-refractivity contribution >= 4 is 27.4 Å². The van der Waals surface area contributed by atoms with Crippen LogP contribution in [0.1, 0.15) is 10.4 Å². The number of hydrogen-bond acceptors (Lipinski definition) is 3. The molecule has 21 heavy (non-hydrogen) atoms. The fourth-order valence-electron chi connectivity index (χ4n) is 2.32. The number of anilines is 1. The van der Waals surface area contributed by atoms with Gasteiger partial charge in [-0.1, -0.05) is 0 Å². The van der Waals surface area contributed by atoms with E-state index in [1.807, 2.05) is 13.0 Å². The van der Waals surface area contributed by atoms with Crippen LogP contribution in [0.3, 0.4) is 0 Å². The highest BCUT2D eigenvalue weighted by molar-refractivity contribution is 7.16. The van der Waals surface area contributed by atoms with Crippen LogP contribution >= 0.6 is 11.3 Å². The van der Waals surface area contributed by atoms with E-state index in [4.69, 9.17) is 5.73 Å². The van der Waals surface area contributed by atoms with Crippen LogP contribution in [0.15, 0.2) is 24.3 Å². The lowest BCUT2D eigenvalue weighted by Crippen LogP contribution is -2.04. The minimum Gasteiger partial charge on any atom is -0.390 e. The SMILES string of the molecule is Cc1cc(-c2nc3cc(C(F)(F)F)ccc3n2C)c(N)s1. The summed E-state index contributed by atoms with van der Waals surface area (Å²) in [5, 5.41) is 0.613. The highest BCUT2D eigenvalue weighted by Crippen LogP contribution is 2.36. The first kappa shape index (κ1) is 13.9. The molecule has 0 aliphatic carbocycles. The Labute approximate surface area is 122 Å². The van der Waals surface area contributed by atoms with Crippen LogP contribution in [0.5, 0.6) is 0 Å². The molecular formula is C14H12F3N3S. The van der Waals surface area contributed by atoms with Gasteiger partial charge in [0.1, 0.15) is 5.82 Å². The number of fused-ring (bicyclic) bond motifs is 1. The second-order valence-electron chi connectivity index (χ2n) is 4.83. The number of imidazole rings is 1. The van der Waals surface area contributed by atoms with E-state index in [0.717, 1.165) is 22.6 Å². The molecule has 2 heterocycles. The third-order valence-corrected chi connectivity index (χ3v) is 4.21. The standard InChI is InChI=1S/C14H12F3N3S/c1-7-5-9(12(18)21-7)13-19-10-6-8(14(15,16)17)3-4-11(10)20(13)2/h3-6H,18H2,1-2H3. The Balaban J connectivity index is 2.22. The van der Waals surface area contributed by atoms with E-state index in [1.54, 1.807) is 11.6 Å². The summed E-state index contributed by atoms with van der Waals surface area (Å²) in [5.74, 6) is 0.575. The second kappa shape index (κ2) is 4.49. The van der Waals surface area contributed by atoms with Gasteiger partial charge in [-0.25, -0.2) is 4.98 Å². The molecule has 3 rings (SSSR count). The molecule has 0 amide bonds. The molecule has 2 N–H and O–H groups in total. The van der Waals surface area contributed by atoms with Crippen molar-refractivity contribution in [3.63, 3.8) is 0 Å². The van der Waals surface area contributed by atoms with Crippen LogP contribution < -0.4 is 5.73 Å². The summed E-state index contributed by atoms with van der Waals surface area (Å²) in [7, 11) is 1.77. The Morgan fingerprint density at radius 2 is 1.95 bits per heavy atom. The summed E-state index contributed by atoms with van der Waals surface area (Å²) < 4.78 is 40.0. The molecule has 0 bridgehead atoms. The number of aryl methyl sites for hydroxylation is 2. The molecular weight excluding hydrogens is 299 g/mol. The fourth-order valence-corrected chi connectivity index (χ4v) is 3.11. The van der Waals surface area contributed by atoms with E-state index in [2.05, 4.69) is 4.98 Å². The van der Waals surface area contributed by atoms with Crippen molar-refractivity contribution in [1.29, 1.82) is 0 Å². The maximum atomic E-state index is 12.8. The molecule has 0 aliphatic heterocycles. The molecule has 0 saturated heterocycles. The maximum absolute atomic E-state index is 12.8. The van der Waals surface area contributed by atoms with Crippen molar-refractivity contribution in [3.8, 4) is 11.4 Å². The highest BCUT2D eigenvalue weighted by atomic mass is 32.1. The zero-order chi connectivity index (χ0) is 15.4. The van der Waals surface area contributed by atoms with Gasteiger partial charge in [0.2, 0.25) is 0 Å². The van der Waals surface area contributed by atoms with Crippen LogP contribution in [-0.2, 0) is 13.2 Å². The quantitative estimate of drug-likeness (QED) is 0.731. The van der Waals surface area contributed by atoms with Gasteiger partial charge in [0.25, 0.3) is 0 Å². The molecule has 0 unspecified atom stereocenters. The Hall–Kier alpha value is -2.02. The van der Waals surface area contributed by atoms with E-state index in [1.165, 1.54) is 17.4 Å². The van der Waals surface area contributed by atoms with Crippen LogP contribution in [0, 0.1) is 6.92 Å². The van der Waals surface area contributed by atoms with Crippen molar-refractivity contribution < 1.29 is 13.2 Å². The van der Waals surface area contributed by atoms with E-state index in [-0.39, 0.29) is 0 Å². The van der Waals surface area contributed by atoms with Crippen molar-refractivity contribution in [2.24, 2.45) is 7.05 Å². The molecule has 3 aromatic rings. The number of nitrogen functional groups attached to an aromatic ring is 1. The van der Waals surface area contributed by atoms with Gasteiger partial charge in [0.05, 0.1) is 27.2 Å². The van der Waals surface area contributed by atoms with Crippen LogP contribution in [0.25, 0.3) is 22.4 Å². The summed E-state index contributed by atoms with van der Waals surface area (Å²) in [6.45, 7) is 1.93. The topological polar surface area (TPSA) is 43.8 Å². The predicted octanol–water partition coefficient (Wildman–Crippen LogP) is 4.21. The summed E-state index contributed by atoms with van der Waals surface area (Å²) >= 11 is 1.43. The van der Waals surface area contributed by atoms with Gasteiger partial charge in [-0.05, 0) is 31.2 Å². The number of nitrogens with two attached hydrogens (primary N) is 1. The lowest BCUT2D eigenvalue weighted by molar-refractivity contribution is -0.137. The van der Waals surface area contributed by atoms with Gasteiger partial charge in [-0.3, -0.25) is 0 Å². The molecule has 1 aromatic carbocycles. The summed E-state index contributed by atoms with van der Waals surface area (Å²) in [6.07, 6.45) is -4.37. The second-order valence-corrected chi connectivity index (χ2v) is 6.12. The van der Waals surface area contributed by atoms with Gasteiger partial charge < -0.3 is 10.3 Å². The molecule has 0 aliphatic rings. The Bertz CT molecular complexity index is 830. The Morgan fingerprint density at radius 1 is 1.24 bits per heavy atom. The number of thiophene rings is 1. The first-order valence-corrected chi connectivity index (χ1v) is 6.99. The van der Waals surface area contributed by atoms with Gasteiger partial charge >= 0.3 is 6.18 Å². The molecule has 110 valence electrons. The molecule has 7 heteroatoms. The molecule has 0 saturated carbocycles. The van der Waals surface area contributed by atoms with E-state index in [0.29, 0.717) is 21.9 Å². The largest absolute Gasteiger partial charge is 0.416 e. The maximum Gasteiger partial charge on any atom is 0.416 e. The van der Waals surface area contributed by atoms with Crippen LogP contribution in [0.2, 0.25) is 0 Å². The average Bonchev–Trinajstić information content (AvgIpc) is 2.88. The smallest absolute Gasteiger partial charge is 0.390 e. The van der Waals surface area contributed by atoms with Crippen molar-refractivity contribution in [3.05, 3.63) is 34.7 Å². The monoisotopic (exact) mass is 311 g/mol. The Morgan fingerprint density at radius 3 is 2.52 bits per heavy atom. The molecule has 0 atom stereocenters. The number of nitrogens with zero attached hydrogens (tertiary/aromatic N) is 2. The molecule has 2 aromatic heterocycles. The molecule has 0 spiro atoms. The lowest BCUT2D eigenvalue weighted by Gasteiger charge is -2.05. The van der Waals surface area contributed by atoms with Crippen molar-refractivity contribution in [2.45, 2.75) is 13.1 Å². The molecule has 3 nitrogen and oxygen atoms in total. The van der Waals surface area contributed by atoms with E-state index in [9.17, 15) is 13.2 Å². The average molecular weight is 311 g/mol. The van der Waals surface area contributed by atoms with Gasteiger partial charge in [-0.15, -0.1) is 11.3 Å². The van der Waals surface area contributed by atoms with Crippen molar-refractivity contribution in [2.75, 3.05) is 5.73 Å². The predicted molar refractivity (Wildman–Crippen MR) is 78.2 cm³/mol. The van der Waals surface area contributed by atoms with Crippen molar-refractivity contribution in [1.82, 2.24) is 9.55 Å². The lowest BCUT2D eigenvalue weighted by atomic mass is 10.2. The van der Waals surface area contributed by atoms with Gasteiger partial charge in [0, 0.05) is 11.9 Å². The molecule has 0 fully saturated rings. The summed E-state index contributed by atoms with van der Waals surface area (Å²) in [5.41, 5.74) is 6.95. The van der Waals surface area contributed by atoms with E-state index < -0.39 is 11.7 Å². The van der Waals surface area contributed by atoms with E-state index >= 15 is 0 Å². The summed E-state index contributed by atoms with van der Waals surface area (Å²) in [4.78, 5) is 5.35. The number of rotatable bonds is 1. The number of benzene rings is 1. The van der Waals surface area contributed by atoms with Gasteiger partial charge in [-0.2, -0.15) is 13.2 Å². The first-order valence-electron chi connectivity index (χ1n) is 6.17. The highest BCUT2D eigenvalue weighted by Gasteiger charge is 2.31. The Kier molecular flexibility index (Phi) is 2.98. The number of hydrogen-bond donors (Lipinski definition) is 1. The number of alkyl halides is 3. The third-order valence-electron chi connectivity index (χ3n) is 3.33. The number of halogens is 3. The van der Waals surface area contributed by atoms with Gasteiger partial charge in [0.15, 0.2) is 0 Å². The molecule has 0 radical (unpaired) electrons.